The van der Waals surface area contributed by atoms with Crippen LogP contribution in [0.15, 0.2) is 12.5 Å². The van der Waals surface area contributed by atoms with Crippen molar-refractivity contribution < 1.29 is 15.0 Å². The Morgan fingerprint density at radius 2 is 2.38 bits per heavy atom. The van der Waals surface area contributed by atoms with Gasteiger partial charge in [0, 0.05) is 24.9 Å². The van der Waals surface area contributed by atoms with Crippen molar-refractivity contribution in [1.82, 2.24) is 9.55 Å². The van der Waals surface area contributed by atoms with Gasteiger partial charge in [-0.1, -0.05) is 6.92 Å². The lowest BCUT2D eigenvalue weighted by molar-refractivity contribution is -0.141. The first-order chi connectivity index (χ1) is 7.22. The summed E-state index contributed by atoms with van der Waals surface area (Å²) in [6.07, 6.45) is 5.38. The van der Waals surface area contributed by atoms with Crippen LogP contribution in [0.3, 0.4) is 0 Å². The lowest BCUT2D eigenvalue weighted by Crippen LogP contribution is -2.18. The number of rotatable bonds is 3. The van der Waals surface area contributed by atoms with Gasteiger partial charge in [-0.15, -0.1) is 0 Å². The Labute approximate surface area is 94.7 Å². The van der Waals surface area contributed by atoms with Crippen LogP contribution in [0.1, 0.15) is 19.0 Å². The average molecular weight is 226 g/mol. The molecular weight excluding hydrogens is 208 g/mol. The molecule has 0 aromatic carbocycles. The topological polar surface area (TPSA) is 75.6 Å². The molecule has 0 radical (unpaired) electrons. The highest BCUT2D eigenvalue weighted by Crippen LogP contribution is 2.27. The molecule has 0 unspecified atom stereocenters. The molecule has 0 bridgehead atoms. The predicted molar refractivity (Wildman–Crippen MR) is 58.8 cm³/mol. The van der Waals surface area contributed by atoms with Crippen LogP contribution in [0.2, 0.25) is 0 Å². The molecule has 5 heteroatoms. The van der Waals surface area contributed by atoms with E-state index in [2.05, 4.69) is 4.98 Å². The van der Waals surface area contributed by atoms with E-state index in [1.54, 1.807) is 6.33 Å². The molecular formula is C11H18N2O3. The zero-order valence-electron chi connectivity index (χ0n) is 9.64. The van der Waals surface area contributed by atoms with Gasteiger partial charge in [-0.3, -0.25) is 4.79 Å². The highest BCUT2D eigenvalue weighted by molar-refractivity contribution is 5.74. The number of esters is 1. The van der Waals surface area contributed by atoms with Crippen LogP contribution in [0, 0.1) is 11.8 Å². The lowest BCUT2D eigenvalue weighted by atomic mass is 9.89. The third kappa shape index (κ3) is 2.24. The molecule has 90 valence electrons. The SMILES string of the molecule is CC[C@@H]1C(=O)OC[C@@H]1Cc1cncn1C.O. The molecule has 2 rings (SSSR count). The quantitative estimate of drug-likeness (QED) is 0.697. The van der Waals surface area contributed by atoms with Gasteiger partial charge in [-0.2, -0.15) is 0 Å². The van der Waals surface area contributed by atoms with Gasteiger partial charge < -0.3 is 14.8 Å². The predicted octanol–water partition coefficient (Wildman–Crippen LogP) is 0.337. The highest BCUT2D eigenvalue weighted by Gasteiger charge is 2.35. The maximum atomic E-state index is 11.4. The molecule has 0 amide bonds. The molecule has 0 aliphatic carbocycles. The molecule has 1 aromatic heterocycles. The monoisotopic (exact) mass is 226 g/mol. The van der Waals surface area contributed by atoms with Gasteiger partial charge in [0.25, 0.3) is 0 Å². The first-order valence-corrected chi connectivity index (χ1v) is 5.34. The number of carbonyl (C=O) groups excluding carboxylic acids is 1. The molecule has 0 spiro atoms. The summed E-state index contributed by atoms with van der Waals surface area (Å²) in [5.41, 5.74) is 1.16. The van der Waals surface area contributed by atoms with E-state index < -0.39 is 0 Å². The van der Waals surface area contributed by atoms with E-state index in [-0.39, 0.29) is 17.4 Å². The number of carbonyl (C=O) groups is 1. The van der Waals surface area contributed by atoms with Crippen molar-refractivity contribution in [2.75, 3.05) is 6.61 Å². The van der Waals surface area contributed by atoms with Crippen LogP contribution in [-0.4, -0.2) is 27.6 Å². The van der Waals surface area contributed by atoms with Gasteiger partial charge in [0.1, 0.15) is 0 Å². The summed E-state index contributed by atoms with van der Waals surface area (Å²) < 4.78 is 7.08. The third-order valence-corrected chi connectivity index (χ3v) is 3.14. The summed E-state index contributed by atoms with van der Waals surface area (Å²) in [4.78, 5) is 15.5. The summed E-state index contributed by atoms with van der Waals surface area (Å²) >= 11 is 0. The Balaban J connectivity index is 0.00000128. The van der Waals surface area contributed by atoms with Crippen molar-refractivity contribution in [1.29, 1.82) is 0 Å². The molecule has 1 saturated heterocycles. The van der Waals surface area contributed by atoms with E-state index in [0.29, 0.717) is 12.5 Å². The lowest BCUT2D eigenvalue weighted by Gasteiger charge is -2.12. The standard InChI is InChI=1S/C11H16N2O2.H2O/c1-3-10-8(6-15-11(10)14)4-9-5-12-7-13(9)2;/h5,7-8,10H,3-4,6H2,1-2H3;1H2/t8-,10-;/m0./s1. The number of aryl methyl sites for hydroxylation is 1. The van der Waals surface area contributed by atoms with Gasteiger partial charge in [0.2, 0.25) is 0 Å². The number of imidazole rings is 1. The number of aromatic nitrogens is 2. The number of hydrogen-bond acceptors (Lipinski definition) is 3. The number of ether oxygens (including phenoxy) is 1. The van der Waals surface area contributed by atoms with E-state index >= 15 is 0 Å². The van der Waals surface area contributed by atoms with Gasteiger partial charge in [-0.25, -0.2) is 4.98 Å². The Hall–Kier alpha value is -1.36. The van der Waals surface area contributed by atoms with Crippen LogP contribution < -0.4 is 0 Å². The molecule has 2 heterocycles. The van der Waals surface area contributed by atoms with E-state index in [9.17, 15) is 4.79 Å². The zero-order valence-corrected chi connectivity index (χ0v) is 9.64. The summed E-state index contributed by atoms with van der Waals surface area (Å²) in [5, 5.41) is 0. The number of nitrogens with zero attached hydrogens (tertiary/aromatic N) is 2. The first-order valence-electron chi connectivity index (χ1n) is 5.34. The van der Waals surface area contributed by atoms with E-state index in [0.717, 1.165) is 18.5 Å². The molecule has 1 aliphatic heterocycles. The fourth-order valence-corrected chi connectivity index (χ4v) is 2.16. The Kier molecular flexibility index (Phi) is 4.06. The molecule has 2 atom stereocenters. The number of hydrogen-bond donors (Lipinski definition) is 0. The minimum Gasteiger partial charge on any atom is -0.465 e. The van der Waals surface area contributed by atoms with Crippen molar-refractivity contribution in [2.45, 2.75) is 19.8 Å². The third-order valence-electron chi connectivity index (χ3n) is 3.14. The van der Waals surface area contributed by atoms with Gasteiger partial charge in [0.05, 0.1) is 18.9 Å². The molecule has 1 fully saturated rings. The summed E-state index contributed by atoms with van der Waals surface area (Å²) in [7, 11) is 1.97. The van der Waals surface area contributed by atoms with Gasteiger partial charge in [0.15, 0.2) is 0 Å². The van der Waals surface area contributed by atoms with Crippen molar-refractivity contribution in [2.24, 2.45) is 18.9 Å². The molecule has 5 nitrogen and oxygen atoms in total. The summed E-state index contributed by atoms with van der Waals surface area (Å²) in [6.45, 7) is 2.59. The molecule has 0 saturated carbocycles. The first kappa shape index (κ1) is 12.7. The smallest absolute Gasteiger partial charge is 0.309 e. The zero-order chi connectivity index (χ0) is 10.8. The number of cyclic esters (lactones) is 1. The maximum Gasteiger partial charge on any atom is 0.309 e. The summed E-state index contributed by atoms with van der Waals surface area (Å²) in [6, 6.07) is 0. The van der Waals surface area contributed by atoms with Crippen molar-refractivity contribution in [3.63, 3.8) is 0 Å². The molecule has 1 aliphatic rings. The van der Waals surface area contributed by atoms with E-state index in [1.165, 1.54) is 0 Å². The minimum atomic E-state index is -0.0373. The van der Waals surface area contributed by atoms with Crippen LogP contribution in [0.4, 0.5) is 0 Å². The largest absolute Gasteiger partial charge is 0.465 e. The van der Waals surface area contributed by atoms with E-state index in [4.69, 9.17) is 4.74 Å². The second-order valence-corrected chi connectivity index (χ2v) is 4.10. The minimum absolute atomic E-state index is 0. The maximum absolute atomic E-state index is 11.4. The van der Waals surface area contributed by atoms with Gasteiger partial charge >= 0.3 is 5.97 Å². The molecule has 2 N–H and O–H groups in total. The van der Waals surface area contributed by atoms with Crippen molar-refractivity contribution in [3.05, 3.63) is 18.2 Å². The fourth-order valence-electron chi connectivity index (χ4n) is 2.16. The second kappa shape index (κ2) is 5.12. The van der Waals surface area contributed by atoms with Crippen molar-refractivity contribution >= 4 is 5.97 Å². The normalized spacial score (nSPS) is 24.0. The highest BCUT2D eigenvalue weighted by atomic mass is 16.5. The molecule has 1 aromatic rings. The van der Waals surface area contributed by atoms with Crippen molar-refractivity contribution in [3.8, 4) is 0 Å². The van der Waals surface area contributed by atoms with E-state index in [1.807, 2.05) is 24.7 Å². The fraction of sp³-hybridized carbons (Fsp3) is 0.636. The van der Waals surface area contributed by atoms with Crippen LogP contribution in [-0.2, 0) is 23.0 Å². The Bertz CT molecular complexity index is 362. The average Bonchev–Trinajstić information content (AvgIpc) is 2.76. The second-order valence-electron chi connectivity index (χ2n) is 4.10. The summed E-state index contributed by atoms with van der Waals surface area (Å²) in [5.74, 6) is 0.350. The molecule has 16 heavy (non-hydrogen) atoms. The van der Waals surface area contributed by atoms with Gasteiger partial charge in [-0.05, 0) is 12.8 Å². The van der Waals surface area contributed by atoms with Crippen LogP contribution >= 0.6 is 0 Å². The Morgan fingerprint density at radius 1 is 1.62 bits per heavy atom. The Morgan fingerprint density at radius 3 is 2.94 bits per heavy atom. The van der Waals surface area contributed by atoms with Crippen LogP contribution in [0.5, 0.6) is 0 Å². The van der Waals surface area contributed by atoms with Crippen LogP contribution in [0.25, 0.3) is 0 Å².